The van der Waals surface area contributed by atoms with Crippen LogP contribution in [0.2, 0.25) is 0 Å². The fraction of sp³-hybridized carbons (Fsp3) is 0. The number of phenols is 2. The lowest BCUT2D eigenvalue weighted by Gasteiger charge is -2.11. The number of nitrogen functional groups attached to an aromatic ring is 1. The Morgan fingerprint density at radius 2 is 1.67 bits per heavy atom. The number of aromatic hydroxyl groups is 2. The molecule has 0 fully saturated rings. The zero-order valence-corrected chi connectivity index (χ0v) is 11.1. The van der Waals surface area contributed by atoms with Gasteiger partial charge in [0.25, 0.3) is 0 Å². The lowest BCUT2D eigenvalue weighted by Crippen LogP contribution is -1.98. The molecular formula is C16H13N3O2. The summed E-state index contributed by atoms with van der Waals surface area (Å²) in [5.41, 5.74) is 8.35. The van der Waals surface area contributed by atoms with E-state index in [-0.39, 0.29) is 17.4 Å². The Bertz CT molecular complexity index is 789. The maximum absolute atomic E-state index is 10.0. The lowest BCUT2D eigenvalue weighted by molar-refractivity contribution is 0.452. The van der Waals surface area contributed by atoms with Gasteiger partial charge < -0.3 is 15.9 Å². The van der Waals surface area contributed by atoms with Crippen LogP contribution in [0.3, 0.4) is 0 Å². The van der Waals surface area contributed by atoms with Gasteiger partial charge in [0.2, 0.25) is 5.95 Å². The van der Waals surface area contributed by atoms with E-state index in [1.165, 1.54) is 12.1 Å². The average molecular weight is 279 g/mol. The first-order chi connectivity index (χ1) is 10.1. The molecule has 2 aromatic carbocycles. The number of hydrogen-bond donors (Lipinski definition) is 3. The molecular weight excluding hydrogens is 266 g/mol. The molecule has 5 nitrogen and oxygen atoms in total. The molecule has 0 aliphatic rings. The highest BCUT2D eigenvalue weighted by atomic mass is 16.3. The van der Waals surface area contributed by atoms with Crippen LogP contribution in [0, 0.1) is 0 Å². The number of rotatable bonds is 2. The van der Waals surface area contributed by atoms with Crippen molar-refractivity contribution in [3.05, 3.63) is 54.7 Å². The maximum Gasteiger partial charge on any atom is 0.220 e. The Hall–Kier alpha value is -3.08. The lowest BCUT2D eigenvalue weighted by atomic mass is 10.00. The highest BCUT2D eigenvalue weighted by molar-refractivity contribution is 5.83. The topological polar surface area (TPSA) is 92.3 Å². The minimum atomic E-state index is -0.0646. The second-order valence-corrected chi connectivity index (χ2v) is 4.56. The molecule has 0 atom stereocenters. The van der Waals surface area contributed by atoms with Gasteiger partial charge in [-0.05, 0) is 17.7 Å². The molecule has 104 valence electrons. The van der Waals surface area contributed by atoms with Crippen molar-refractivity contribution in [3.8, 4) is 33.9 Å². The van der Waals surface area contributed by atoms with Gasteiger partial charge in [-0.1, -0.05) is 30.3 Å². The quantitative estimate of drug-likeness (QED) is 0.670. The molecule has 5 heteroatoms. The monoisotopic (exact) mass is 279 g/mol. The normalized spacial score (nSPS) is 10.5. The predicted octanol–water partition coefficient (Wildman–Crippen LogP) is 2.80. The highest BCUT2D eigenvalue weighted by Gasteiger charge is 2.14. The fourth-order valence-corrected chi connectivity index (χ4v) is 2.15. The molecule has 1 aromatic heterocycles. The number of benzene rings is 2. The van der Waals surface area contributed by atoms with Crippen molar-refractivity contribution in [1.29, 1.82) is 0 Å². The molecule has 0 aliphatic carbocycles. The van der Waals surface area contributed by atoms with Gasteiger partial charge in [0.05, 0.1) is 5.69 Å². The summed E-state index contributed by atoms with van der Waals surface area (Å²) >= 11 is 0. The van der Waals surface area contributed by atoms with Gasteiger partial charge in [-0.25, -0.2) is 9.97 Å². The molecule has 0 aliphatic heterocycles. The van der Waals surface area contributed by atoms with E-state index in [9.17, 15) is 10.2 Å². The van der Waals surface area contributed by atoms with Crippen molar-refractivity contribution >= 4 is 5.95 Å². The van der Waals surface area contributed by atoms with E-state index in [1.807, 2.05) is 30.3 Å². The van der Waals surface area contributed by atoms with Crippen molar-refractivity contribution in [1.82, 2.24) is 9.97 Å². The average Bonchev–Trinajstić information content (AvgIpc) is 2.48. The van der Waals surface area contributed by atoms with E-state index < -0.39 is 0 Å². The summed E-state index contributed by atoms with van der Waals surface area (Å²) in [7, 11) is 0. The number of phenolic OH excluding ortho intramolecular Hbond substituents is 2. The van der Waals surface area contributed by atoms with Crippen LogP contribution in [0.15, 0.2) is 54.7 Å². The van der Waals surface area contributed by atoms with Crippen LogP contribution in [0.4, 0.5) is 5.95 Å². The van der Waals surface area contributed by atoms with Crippen LogP contribution in [0.5, 0.6) is 11.5 Å². The molecule has 3 rings (SSSR count). The molecule has 3 aromatic rings. The highest BCUT2D eigenvalue weighted by Crippen LogP contribution is 2.36. The van der Waals surface area contributed by atoms with Gasteiger partial charge in [-0.3, -0.25) is 0 Å². The number of aromatic nitrogens is 2. The number of nitrogens with two attached hydrogens (primary N) is 1. The Kier molecular flexibility index (Phi) is 3.16. The summed E-state index contributed by atoms with van der Waals surface area (Å²) in [6, 6.07) is 13.9. The molecule has 0 spiro atoms. The molecule has 21 heavy (non-hydrogen) atoms. The first kappa shape index (κ1) is 12.9. The summed E-state index contributed by atoms with van der Waals surface area (Å²) in [6.45, 7) is 0. The predicted molar refractivity (Wildman–Crippen MR) is 80.6 cm³/mol. The Labute approximate surface area is 121 Å². The molecule has 0 unspecified atom stereocenters. The third kappa shape index (κ3) is 2.49. The summed E-state index contributed by atoms with van der Waals surface area (Å²) in [5, 5.41) is 19.5. The van der Waals surface area contributed by atoms with Gasteiger partial charge in [0.15, 0.2) is 0 Å². The van der Waals surface area contributed by atoms with Crippen LogP contribution < -0.4 is 5.73 Å². The molecule has 0 bridgehead atoms. The van der Waals surface area contributed by atoms with Gasteiger partial charge >= 0.3 is 0 Å². The summed E-state index contributed by atoms with van der Waals surface area (Å²) < 4.78 is 0. The summed E-state index contributed by atoms with van der Waals surface area (Å²) in [4.78, 5) is 8.26. The van der Waals surface area contributed by atoms with Crippen LogP contribution in [-0.2, 0) is 0 Å². The Morgan fingerprint density at radius 1 is 0.905 bits per heavy atom. The van der Waals surface area contributed by atoms with Crippen molar-refractivity contribution in [2.45, 2.75) is 0 Å². The number of hydrogen-bond acceptors (Lipinski definition) is 5. The Morgan fingerprint density at radius 3 is 2.38 bits per heavy atom. The minimum absolute atomic E-state index is 0.0143. The van der Waals surface area contributed by atoms with Gasteiger partial charge in [-0.15, -0.1) is 0 Å². The molecule has 0 saturated heterocycles. The van der Waals surface area contributed by atoms with Crippen LogP contribution in [0.1, 0.15) is 0 Å². The second-order valence-electron chi connectivity index (χ2n) is 4.56. The van der Waals surface area contributed by atoms with E-state index in [0.717, 1.165) is 11.1 Å². The van der Waals surface area contributed by atoms with Crippen molar-refractivity contribution in [3.63, 3.8) is 0 Å². The maximum atomic E-state index is 10.0. The molecule has 4 N–H and O–H groups in total. The fourth-order valence-electron chi connectivity index (χ4n) is 2.15. The van der Waals surface area contributed by atoms with Crippen molar-refractivity contribution < 1.29 is 10.2 Å². The van der Waals surface area contributed by atoms with E-state index in [0.29, 0.717) is 11.3 Å². The van der Waals surface area contributed by atoms with Crippen molar-refractivity contribution in [2.24, 2.45) is 0 Å². The number of nitrogens with zero attached hydrogens (tertiary/aromatic N) is 2. The zero-order valence-electron chi connectivity index (χ0n) is 11.1. The first-order valence-electron chi connectivity index (χ1n) is 6.35. The van der Waals surface area contributed by atoms with Crippen LogP contribution in [-0.4, -0.2) is 20.2 Å². The SMILES string of the molecule is Nc1ncc(-c2ccccc2)c(-c2ccc(O)cc2O)n1. The molecule has 0 saturated carbocycles. The third-order valence-corrected chi connectivity index (χ3v) is 3.13. The van der Waals surface area contributed by atoms with Gasteiger partial charge in [0, 0.05) is 23.4 Å². The molecule has 1 heterocycles. The molecule has 0 amide bonds. The largest absolute Gasteiger partial charge is 0.508 e. The van der Waals surface area contributed by atoms with Crippen LogP contribution in [0.25, 0.3) is 22.4 Å². The van der Waals surface area contributed by atoms with E-state index in [1.54, 1.807) is 12.3 Å². The van der Waals surface area contributed by atoms with E-state index in [4.69, 9.17) is 5.73 Å². The van der Waals surface area contributed by atoms with Crippen molar-refractivity contribution in [2.75, 3.05) is 5.73 Å². The van der Waals surface area contributed by atoms with Crippen LogP contribution >= 0.6 is 0 Å². The summed E-state index contributed by atoms with van der Waals surface area (Å²) in [6.07, 6.45) is 1.62. The zero-order chi connectivity index (χ0) is 14.8. The Balaban J connectivity index is 2.24. The smallest absolute Gasteiger partial charge is 0.220 e. The van der Waals surface area contributed by atoms with E-state index >= 15 is 0 Å². The van der Waals surface area contributed by atoms with Gasteiger partial charge in [0.1, 0.15) is 11.5 Å². The minimum Gasteiger partial charge on any atom is -0.508 e. The standard InChI is InChI=1S/C16H13N3O2/c17-16-18-9-13(10-4-2-1-3-5-10)15(19-16)12-7-6-11(20)8-14(12)21/h1-9,20-21H,(H2,17,18,19). The number of anilines is 1. The third-order valence-electron chi connectivity index (χ3n) is 3.13. The second kappa shape index (κ2) is 5.13. The molecule has 0 radical (unpaired) electrons. The summed E-state index contributed by atoms with van der Waals surface area (Å²) in [5.74, 6) is 0.0435. The van der Waals surface area contributed by atoms with Gasteiger partial charge in [-0.2, -0.15) is 0 Å². The first-order valence-corrected chi connectivity index (χ1v) is 6.35. The van der Waals surface area contributed by atoms with E-state index in [2.05, 4.69) is 9.97 Å².